The van der Waals surface area contributed by atoms with E-state index < -0.39 is 58.5 Å². The van der Waals surface area contributed by atoms with Gasteiger partial charge in [-0.1, -0.05) is 11.8 Å². The maximum Gasteiger partial charge on any atom is 0.352 e. The molecular weight excluding hydrogens is 510 g/mol. The second-order valence-corrected chi connectivity index (χ2v) is 9.25. The molecule has 18 heteroatoms. The molecule has 0 saturated carbocycles. The Bertz CT molecular complexity index is 1260. The molecule has 0 aromatic carbocycles. The van der Waals surface area contributed by atoms with Crippen LogP contribution in [0.2, 0.25) is 0 Å². The first-order chi connectivity index (χ1) is 16.6. The third-order valence-electron chi connectivity index (χ3n) is 5.20. The Morgan fingerprint density at radius 1 is 1.34 bits per heavy atom. The Hall–Kier alpha value is -3.64. The van der Waals surface area contributed by atoms with Gasteiger partial charge in [-0.25, -0.2) is 14.3 Å². The van der Waals surface area contributed by atoms with Crippen LogP contribution in [0.4, 0.5) is 0 Å². The molecule has 16 nitrogen and oxygen atoms in total. The van der Waals surface area contributed by atoms with Crippen molar-refractivity contribution in [2.24, 2.45) is 7.05 Å². The van der Waals surface area contributed by atoms with Crippen LogP contribution in [0.5, 0.6) is 5.88 Å². The highest BCUT2D eigenvalue weighted by Crippen LogP contribution is 2.47. The molecular formula is C17H17N7O9S2. The summed E-state index contributed by atoms with van der Waals surface area (Å²) in [5.74, 6) is -5.46. The number of aromatic hydroxyl groups is 1. The number of rotatable bonds is 9. The first kappa shape index (κ1) is 24.5. The number of carbonyl (C=O) groups excluding carboxylic acids is 2. The zero-order valence-electron chi connectivity index (χ0n) is 18.0. The second kappa shape index (κ2) is 9.19. The standard InChI is InChI=1S/C17H17N7O9S2/c1-23-16(19-21-22-23)35-5-6-4-34-15-17(32-2,14(31)24(15)10(6)13(29)30)18-8(25)3-7-9(12(27)28)11(26)20-33-7/h15H,3-5H2,1-2H3,(H,18,25)(H,20,26)(H,27,28)(H,29,30)/t15-,17+/m1/s1. The number of hydrogen-bond acceptors (Lipinski definition) is 13. The Morgan fingerprint density at radius 2 is 2.09 bits per heavy atom. The van der Waals surface area contributed by atoms with Crippen molar-refractivity contribution in [3.8, 4) is 5.88 Å². The van der Waals surface area contributed by atoms with Crippen molar-refractivity contribution < 1.29 is 43.8 Å². The number of fused-ring (bicyclic) bond motifs is 1. The van der Waals surface area contributed by atoms with Gasteiger partial charge in [-0.2, -0.15) is 0 Å². The predicted octanol–water partition coefficient (Wildman–Crippen LogP) is -1.35. The predicted molar refractivity (Wildman–Crippen MR) is 114 cm³/mol. The van der Waals surface area contributed by atoms with Gasteiger partial charge in [0.1, 0.15) is 11.1 Å². The molecule has 2 amide bonds. The highest BCUT2D eigenvalue weighted by molar-refractivity contribution is 8.01. The zero-order chi connectivity index (χ0) is 25.5. The lowest BCUT2D eigenvalue weighted by Crippen LogP contribution is -2.80. The molecule has 0 spiro atoms. The maximum atomic E-state index is 13.1. The minimum absolute atomic E-state index is 0.207. The number of carboxylic acids is 2. The molecule has 2 aliphatic rings. The number of nitrogens with zero attached hydrogens (tertiary/aromatic N) is 6. The number of hydrogen-bond donors (Lipinski definition) is 4. The number of tetrazole rings is 1. The highest BCUT2D eigenvalue weighted by Gasteiger charge is 2.66. The Labute approximate surface area is 203 Å². The summed E-state index contributed by atoms with van der Waals surface area (Å²) in [4.78, 5) is 50.1. The van der Waals surface area contributed by atoms with Crippen molar-refractivity contribution in [3.05, 3.63) is 22.6 Å². The summed E-state index contributed by atoms with van der Waals surface area (Å²) < 4.78 is 11.5. The van der Waals surface area contributed by atoms with Gasteiger partial charge in [-0.3, -0.25) is 14.5 Å². The monoisotopic (exact) mass is 527 g/mol. The van der Waals surface area contributed by atoms with E-state index in [1.165, 1.54) is 35.3 Å². The van der Waals surface area contributed by atoms with Gasteiger partial charge in [-0.05, 0) is 21.2 Å². The van der Waals surface area contributed by atoms with Gasteiger partial charge in [-0.15, -0.1) is 16.9 Å². The van der Waals surface area contributed by atoms with Gasteiger partial charge in [0.15, 0.2) is 11.3 Å². The lowest BCUT2D eigenvalue weighted by atomic mass is 9.98. The third-order valence-corrected chi connectivity index (χ3v) is 7.67. The molecule has 0 aliphatic carbocycles. The van der Waals surface area contributed by atoms with Crippen LogP contribution in [0.3, 0.4) is 0 Å². The summed E-state index contributed by atoms with van der Waals surface area (Å²) in [6.07, 6.45) is -0.666. The van der Waals surface area contributed by atoms with Gasteiger partial charge in [0.2, 0.25) is 11.1 Å². The molecule has 2 aromatic heterocycles. The SMILES string of the molecule is CO[C@@]1(NC(=O)Cc2onc(O)c2C(=O)O)C(=O)N2C(C(=O)O)=C(CSc3nnnn3C)CS[C@@H]21. The van der Waals surface area contributed by atoms with E-state index >= 15 is 0 Å². The zero-order valence-corrected chi connectivity index (χ0v) is 19.6. The fraction of sp³-hybridized carbons (Fsp3) is 0.412. The molecule has 0 bridgehead atoms. The van der Waals surface area contributed by atoms with Crippen molar-refractivity contribution in [3.63, 3.8) is 0 Å². The largest absolute Gasteiger partial charge is 0.490 e. The van der Waals surface area contributed by atoms with E-state index in [0.717, 1.165) is 4.90 Å². The Morgan fingerprint density at radius 3 is 2.69 bits per heavy atom. The molecule has 0 radical (unpaired) electrons. The normalized spacial score (nSPS) is 21.5. The molecule has 4 N–H and O–H groups in total. The van der Waals surface area contributed by atoms with E-state index in [9.17, 15) is 29.4 Å². The molecule has 1 saturated heterocycles. The number of aromatic carboxylic acids is 1. The van der Waals surface area contributed by atoms with Crippen LogP contribution in [0.1, 0.15) is 16.1 Å². The number of carbonyl (C=O) groups is 4. The van der Waals surface area contributed by atoms with Crippen LogP contribution in [-0.4, -0.2) is 99.1 Å². The van der Waals surface area contributed by atoms with Crippen molar-refractivity contribution in [2.45, 2.75) is 22.7 Å². The fourth-order valence-electron chi connectivity index (χ4n) is 3.60. The van der Waals surface area contributed by atoms with Crippen molar-refractivity contribution >= 4 is 47.3 Å². The second-order valence-electron chi connectivity index (χ2n) is 7.24. The quantitative estimate of drug-likeness (QED) is 0.168. The molecule has 186 valence electrons. The van der Waals surface area contributed by atoms with Crippen molar-refractivity contribution in [1.29, 1.82) is 0 Å². The Balaban J connectivity index is 1.53. The maximum absolute atomic E-state index is 13.1. The molecule has 2 aromatic rings. The fourth-order valence-corrected chi connectivity index (χ4v) is 6.02. The number of amides is 2. The molecule has 4 heterocycles. The van der Waals surface area contributed by atoms with Crippen LogP contribution >= 0.6 is 23.5 Å². The number of ether oxygens (including phenoxy) is 1. The van der Waals surface area contributed by atoms with E-state index in [-0.39, 0.29) is 17.2 Å². The molecule has 2 aliphatic heterocycles. The molecule has 2 atom stereocenters. The first-order valence-corrected chi connectivity index (χ1v) is 11.7. The molecule has 35 heavy (non-hydrogen) atoms. The lowest BCUT2D eigenvalue weighted by Gasteiger charge is -2.55. The topological polar surface area (TPSA) is 223 Å². The van der Waals surface area contributed by atoms with Crippen LogP contribution in [0.25, 0.3) is 0 Å². The smallest absolute Gasteiger partial charge is 0.352 e. The van der Waals surface area contributed by atoms with Crippen LogP contribution in [0.15, 0.2) is 20.9 Å². The van der Waals surface area contributed by atoms with Gasteiger partial charge >= 0.3 is 11.9 Å². The average molecular weight is 527 g/mol. The summed E-state index contributed by atoms with van der Waals surface area (Å²) in [6.45, 7) is 0. The number of β-lactam (4-membered cyclic amide) rings is 1. The summed E-state index contributed by atoms with van der Waals surface area (Å²) in [7, 11) is 2.81. The summed E-state index contributed by atoms with van der Waals surface area (Å²) in [5.41, 5.74) is -2.34. The van der Waals surface area contributed by atoms with E-state index in [1.807, 2.05) is 0 Å². The van der Waals surface area contributed by atoms with Gasteiger partial charge in [0, 0.05) is 25.7 Å². The molecule has 1 fully saturated rings. The summed E-state index contributed by atoms with van der Waals surface area (Å²) >= 11 is 2.38. The number of methoxy groups -OCH3 is 1. The van der Waals surface area contributed by atoms with E-state index in [2.05, 4.69) is 26.0 Å². The van der Waals surface area contributed by atoms with Crippen LogP contribution in [0, 0.1) is 0 Å². The van der Waals surface area contributed by atoms with E-state index in [4.69, 9.17) is 14.4 Å². The number of aryl methyl sites for hydroxylation is 1. The lowest BCUT2D eigenvalue weighted by molar-refractivity contribution is -0.192. The molecule has 0 unspecified atom stereocenters. The van der Waals surface area contributed by atoms with E-state index in [1.54, 1.807) is 7.05 Å². The number of nitrogens with one attached hydrogen (secondary N) is 1. The first-order valence-electron chi connectivity index (χ1n) is 9.63. The van der Waals surface area contributed by atoms with Crippen molar-refractivity contribution in [1.82, 2.24) is 35.6 Å². The third kappa shape index (κ3) is 4.08. The summed E-state index contributed by atoms with van der Waals surface area (Å²) in [6, 6.07) is 0. The van der Waals surface area contributed by atoms with Gasteiger partial charge < -0.3 is 29.9 Å². The van der Waals surface area contributed by atoms with Crippen molar-refractivity contribution in [2.75, 3.05) is 18.6 Å². The average Bonchev–Trinajstić information content (AvgIpc) is 3.39. The minimum atomic E-state index is -1.89. The van der Waals surface area contributed by atoms with Crippen LogP contribution < -0.4 is 5.32 Å². The molecule has 4 rings (SSSR count). The van der Waals surface area contributed by atoms with Gasteiger partial charge in [0.05, 0.1) is 6.42 Å². The number of thioether (sulfide) groups is 2. The van der Waals surface area contributed by atoms with Gasteiger partial charge in [0.25, 0.3) is 17.5 Å². The van der Waals surface area contributed by atoms with E-state index in [0.29, 0.717) is 10.7 Å². The summed E-state index contributed by atoms with van der Waals surface area (Å²) in [5, 5.41) is 44.6. The number of aliphatic carboxylic acids is 1. The number of aromatic nitrogens is 5. The number of carboxylic acid groups (broad SMARTS) is 2. The Kier molecular flexibility index (Phi) is 6.43. The minimum Gasteiger partial charge on any atom is -0.490 e. The van der Waals surface area contributed by atoms with Crippen LogP contribution in [-0.2, 0) is 32.6 Å². The highest BCUT2D eigenvalue weighted by atomic mass is 32.2.